The van der Waals surface area contributed by atoms with Crippen LogP contribution in [0.4, 0.5) is 0 Å². The molecule has 0 saturated carbocycles. The van der Waals surface area contributed by atoms with Crippen molar-refractivity contribution in [2.45, 2.75) is 407 Å². The van der Waals surface area contributed by atoms with E-state index in [9.17, 15) is 19.2 Å². The van der Waals surface area contributed by atoms with Crippen molar-refractivity contribution in [1.82, 2.24) is 21.3 Å². The van der Waals surface area contributed by atoms with Crippen molar-refractivity contribution >= 4 is 23.9 Å². The molecule has 4 heterocycles. The highest BCUT2D eigenvalue weighted by molar-refractivity contribution is 6.00. The molecule has 0 aromatic heterocycles. The molecule has 4 aliphatic rings. The molecule has 0 aliphatic carbocycles. The molecule has 4 fully saturated rings. The summed E-state index contributed by atoms with van der Waals surface area (Å²) in [5.41, 5.74) is 0.433. The van der Waals surface area contributed by atoms with Crippen molar-refractivity contribution in [3.8, 4) is 0 Å². The second kappa shape index (κ2) is 38.9. The van der Waals surface area contributed by atoms with Crippen LogP contribution < -0.4 is 21.3 Å². The molecule has 16 heteroatoms. The molecule has 4 aliphatic heterocycles. The summed E-state index contributed by atoms with van der Waals surface area (Å²) in [5.74, 6) is -1.31. The topological polar surface area (TPSA) is 190 Å². The Morgan fingerprint density at radius 1 is 0.320 bits per heavy atom. The van der Waals surface area contributed by atoms with Crippen LogP contribution in [0.15, 0.2) is 18.2 Å². The normalized spacial score (nSPS) is 21.7. The van der Waals surface area contributed by atoms with E-state index in [2.05, 4.69) is 185 Å². The van der Waals surface area contributed by atoms with E-state index in [4.69, 9.17) is 37.9 Å². The molecule has 0 amide bonds. The van der Waals surface area contributed by atoms with Gasteiger partial charge in [0.05, 0.1) is 88.1 Å². The van der Waals surface area contributed by atoms with E-state index in [0.717, 1.165) is 128 Å². The lowest BCUT2D eigenvalue weighted by atomic mass is 9.77. The molecule has 16 nitrogen and oxygen atoms in total. The fourth-order valence-corrected chi connectivity index (χ4v) is 18.0. The van der Waals surface area contributed by atoms with Gasteiger partial charge in [-0.25, -0.2) is 0 Å². The third-order valence-electron chi connectivity index (χ3n) is 21.6. The molecular formula is C84H150N4O12. The van der Waals surface area contributed by atoms with Gasteiger partial charge in [-0.05, 0) is 270 Å². The highest BCUT2D eigenvalue weighted by atomic mass is 16.6. The number of unbranched alkanes of at least 4 members (excludes halogenated alkanes) is 3. The van der Waals surface area contributed by atoms with Gasteiger partial charge in [-0.3, -0.25) is 19.2 Å². The third-order valence-corrected chi connectivity index (χ3v) is 21.6. The van der Waals surface area contributed by atoms with Crippen LogP contribution in [-0.2, 0) is 76.3 Å². The van der Waals surface area contributed by atoms with Gasteiger partial charge in [0, 0.05) is 70.0 Å². The molecule has 5 rings (SSSR count). The summed E-state index contributed by atoms with van der Waals surface area (Å²) in [6.07, 6.45) is 23.1. The first-order valence-electron chi connectivity index (χ1n) is 40.0. The van der Waals surface area contributed by atoms with Crippen molar-refractivity contribution in [3.63, 3.8) is 0 Å². The number of carbonyl (C=O) groups is 4. The molecule has 100 heavy (non-hydrogen) atoms. The third kappa shape index (κ3) is 30.7. The number of hydrogen-bond acceptors (Lipinski definition) is 16. The minimum atomic E-state index is -1.50. The van der Waals surface area contributed by atoms with Gasteiger partial charge in [-0.1, -0.05) is 77.5 Å². The number of carbonyl (C=O) groups excluding carboxylic acids is 4. The average molecular weight is 1410 g/mol. The molecule has 2 unspecified atom stereocenters. The van der Waals surface area contributed by atoms with E-state index >= 15 is 0 Å². The van der Waals surface area contributed by atoms with E-state index < -0.39 is 28.2 Å². The van der Waals surface area contributed by atoms with E-state index in [1.54, 1.807) is 0 Å². The number of benzene rings is 1. The van der Waals surface area contributed by atoms with Crippen LogP contribution in [0.2, 0.25) is 0 Å². The molecule has 1 aromatic rings. The predicted octanol–water partition coefficient (Wildman–Crippen LogP) is 17.3. The van der Waals surface area contributed by atoms with Crippen LogP contribution in [-0.4, -0.2) is 145 Å². The smallest absolute Gasteiger partial charge is 0.323 e. The fraction of sp³-hybridized carbons (Fsp3) is 0.881. The monoisotopic (exact) mass is 1410 g/mol. The lowest BCUT2D eigenvalue weighted by molar-refractivity contribution is -0.175. The number of aryl methyl sites for hydroxylation is 3. The molecular weight excluding hydrogens is 1260 g/mol. The summed E-state index contributed by atoms with van der Waals surface area (Å²) < 4.78 is 50.3. The molecule has 578 valence electrons. The van der Waals surface area contributed by atoms with Gasteiger partial charge in [0.25, 0.3) is 0 Å². The maximum Gasteiger partial charge on any atom is 0.323 e. The number of hydrogen-bond donors (Lipinski definition) is 4. The van der Waals surface area contributed by atoms with Crippen molar-refractivity contribution in [3.05, 3.63) is 34.9 Å². The zero-order chi connectivity index (χ0) is 74.3. The van der Waals surface area contributed by atoms with Gasteiger partial charge in [0.1, 0.15) is 0 Å². The van der Waals surface area contributed by atoms with Crippen LogP contribution in [0, 0.1) is 16.2 Å². The molecule has 4 N–H and O–H groups in total. The summed E-state index contributed by atoms with van der Waals surface area (Å²) in [4.78, 5) is 58.3. The zero-order valence-corrected chi connectivity index (χ0v) is 67.8. The Bertz CT molecular complexity index is 2420. The number of nitrogens with one attached hydrogen (secondary N) is 4. The van der Waals surface area contributed by atoms with E-state index in [0.29, 0.717) is 104 Å². The lowest BCUT2D eigenvalue weighted by Gasteiger charge is -2.46. The van der Waals surface area contributed by atoms with Crippen LogP contribution in [0.3, 0.4) is 0 Å². The first-order chi connectivity index (χ1) is 46.6. The second-order valence-corrected chi connectivity index (χ2v) is 37.4. The molecule has 0 bridgehead atoms. The Morgan fingerprint density at radius 3 is 0.780 bits per heavy atom. The molecule has 1 aromatic carbocycles. The lowest BCUT2D eigenvalue weighted by Crippen LogP contribution is -2.59. The van der Waals surface area contributed by atoms with Gasteiger partial charge >= 0.3 is 23.9 Å². The van der Waals surface area contributed by atoms with E-state index in [1.807, 2.05) is 0 Å². The van der Waals surface area contributed by atoms with Crippen molar-refractivity contribution in [1.29, 1.82) is 0 Å². The standard InChI is InChI=1S/C84H150N4O12/c1-22-25-38-82(20,70(89)97-48-31-44-93-66-55-74(4,5)85-75(6,7)56-66)40-28-35-63-52-64(36-29-41-83(21,39-26-23-2)71(90)98-49-32-45-94-67-57-76(8,9)86-77(10,11)58-67)54-65(53-63)37-30-43-84(42-27-24-3,72(91)99-50-33-46-95-68-59-78(12,13)87-79(14,15)60-68)73(92)100-51-34-47-96-69-61-80(16,17)88-81(18,19)62-69/h52-54,66-69,85-88H,22-51,55-62H2,1-21H3. The van der Waals surface area contributed by atoms with E-state index in [-0.39, 0.29) is 100 Å². The van der Waals surface area contributed by atoms with Crippen LogP contribution >= 0.6 is 0 Å². The summed E-state index contributed by atoms with van der Waals surface area (Å²) in [6.45, 7) is 49.1. The van der Waals surface area contributed by atoms with Crippen molar-refractivity contribution in [2.75, 3.05) is 52.9 Å². The van der Waals surface area contributed by atoms with Crippen LogP contribution in [0.5, 0.6) is 0 Å². The quantitative estimate of drug-likeness (QED) is 0.0209. The highest BCUT2D eigenvalue weighted by Gasteiger charge is 2.49. The molecule has 0 spiro atoms. The molecule has 4 saturated heterocycles. The maximum absolute atomic E-state index is 14.9. The summed E-state index contributed by atoms with van der Waals surface area (Å²) in [6, 6.07) is 6.89. The van der Waals surface area contributed by atoms with Gasteiger partial charge in [0.2, 0.25) is 0 Å². The summed E-state index contributed by atoms with van der Waals surface area (Å²) in [7, 11) is 0. The van der Waals surface area contributed by atoms with Crippen molar-refractivity contribution in [2.24, 2.45) is 16.2 Å². The Morgan fingerprint density at radius 2 is 0.530 bits per heavy atom. The van der Waals surface area contributed by atoms with Gasteiger partial charge < -0.3 is 59.2 Å². The van der Waals surface area contributed by atoms with Gasteiger partial charge in [0.15, 0.2) is 5.41 Å². The van der Waals surface area contributed by atoms with E-state index in [1.165, 1.54) is 11.1 Å². The highest BCUT2D eigenvalue weighted by Crippen LogP contribution is 2.40. The fourth-order valence-electron chi connectivity index (χ4n) is 18.0. The van der Waals surface area contributed by atoms with Crippen molar-refractivity contribution < 1.29 is 57.1 Å². The van der Waals surface area contributed by atoms with Crippen LogP contribution in [0.1, 0.15) is 335 Å². The second-order valence-electron chi connectivity index (χ2n) is 37.4. The van der Waals surface area contributed by atoms with Gasteiger partial charge in [-0.2, -0.15) is 0 Å². The number of piperidine rings is 4. The number of esters is 4. The first-order valence-corrected chi connectivity index (χ1v) is 40.0. The Kier molecular flexibility index (Phi) is 34.0. The summed E-state index contributed by atoms with van der Waals surface area (Å²) in [5, 5.41) is 14.9. The van der Waals surface area contributed by atoms with Gasteiger partial charge in [-0.15, -0.1) is 0 Å². The number of ether oxygens (including phenoxy) is 8. The minimum absolute atomic E-state index is 0.00916. The Labute approximate surface area is 610 Å². The SMILES string of the molecule is CCCCC(C)(CCCc1cc(CCCC(C)(CCCC)C(=O)OCCCOC2CC(C)(C)NC(C)(C)C2)cc(CCCC(CCCC)(C(=O)OCCCOC2CC(C)(C)NC(C)(C)C2)C(=O)OCCCOC2CC(C)(C)NC(C)(C)C2)c1)C(=O)OCCCOC1CC(C)(C)NC(C)(C)C1. The molecule has 2 atom stereocenters. The maximum atomic E-state index is 14.9. The molecule has 0 radical (unpaired) electrons. The largest absolute Gasteiger partial charge is 0.465 e. The Balaban J connectivity index is 1.34. The predicted molar refractivity (Wildman–Crippen MR) is 406 cm³/mol. The van der Waals surface area contributed by atoms with Crippen LogP contribution in [0.25, 0.3) is 0 Å². The Hall–Kier alpha value is -3.22. The number of rotatable bonds is 45. The average Bonchev–Trinajstić information content (AvgIpc) is 0.816. The minimum Gasteiger partial charge on any atom is -0.465 e. The zero-order valence-electron chi connectivity index (χ0n) is 67.8. The first kappa shape index (κ1) is 87.4. The summed E-state index contributed by atoms with van der Waals surface area (Å²) >= 11 is 0.